The van der Waals surface area contributed by atoms with E-state index in [1.165, 1.54) is 12.1 Å². The van der Waals surface area contributed by atoms with Gasteiger partial charge in [0, 0.05) is 6.54 Å². The molecule has 152 valence electrons. The highest BCUT2D eigenvalue weighted by Gasteiger charge is 2.24. The van der Waals surface area contributed by atoms with Gasteiger partial charge in [-0.3, -0.25) is 9.10 Å². The molecule has 5 nitrogen and oxygen atoms in total. The number of anilines is 1. The second kappa shape index (κ2) is 8.79. The summed E-state index contributed by atoms with van der Waals surface area (Å²) in [5.74, 6) is -0.481. The molecule has 0 bridgehead atoms. The first-order valence-corrected chi connectivity index (χ1v) is 11.5. The topological polar surface area (TPSA) is 66.5 Å². The summed E-state index contributed by atoms with van der Waals surface area (Å²) in [5.41, 5.74) is 0.986. The molecule has 0 aliphatic rings. The number of nitrogens with one attached hydrogen (secondary N) is 1. The fourth-order valence-electron chi connectivity index (χ4n) is 2.82. The number of benzene rings is 3. The van der Waals surface area contributed by atoms with Gasteiger partial charge in [0.25, 0.3) is 0 Å². The molecule has 0 aliphatic carbocycles. The van der Waals surface area contributed by atoms with Gasteiger partial charge in [0.15, 0.2) is 0 Å². The molecule has 9 heteroatoms. The number of amides is 1. The van der Waals surface area contributed by atoms with Gasteiger partial charge >= 0.3 is 0 Å². The van der Waals surface area contributed by atoms with Crippen LogP contribution < -0.4 is 9.62 Å². The summed E-state index contributed by atoms with van der Waals surface area (Å²) >= 11 is 18.0. The summed E-state index contributed by atoms with van der Waals surface area (Å²) in [5, 5.41) is 5.29. The minimum absolute atomic E-state index is 0.0761. The van der Waals surface area contributed by atoms with E-state index in [-0.39, 0.29) is 27.3 Å². The standard InChI is InChI=1S/C20H17Cl3N2O3S/c1-29(27,28)25(19-10-17(22)16(21)9-18(19)23)12-20(26)24-11-13-6-7-14-4-2-3-5-15(14)8-13/h2-10H,11-12H2,1H3,(H,24,26). The van der Waals surface area contributed by atoms with Gasteiger partial charge < -0.3 is 5.32 Å². The summed E-state index contributed by atoms with van der Waals surface area (Å²) in [6.07, 6.45) is 0.989. The Labute approximate surface area is 184 Å². The summed E-state index contributed by atoms with van der Waals surface area (Å²) in [7, 11) is -3.79. The minimum atomic E-state index is -3.79. The van der Waals surface area contributed by atoms with Crippen molar-refractivity contribution in [1.82, 2.24) is 5.32 Å². The number of fused-ring (bicyclic) bond motifs is 1. The fourth-order valence-corrected chi connectivity index (χ4v) is 4.37. The second-order valence-electron chi connectivity index (χ2n) is 6.45. The SMILES string of the molecule is CS(=O)(=O)N(CC(=O)NCc1ccc2ccccc2c1)c1cc(Cl)c(Cl)cc1Cl. The van der Waals surface area contributed by atoms with Crippen molar-refractivity contribution in [3.05, 3.63) is 75.2 Å². The van der Waals surface area contributed by atoms with E-state index in [1.54, 1.807) is 0 Å². The Morgan fingerprint density at radius 2 is 1.59 bits per heavy atom. The maximum Gasteiger partial charge on any atom is 0.241 e. The van der Waals surface area contributed by atoms with Crippen LogP contribution in [0.2, 0.25) is 15.1 Å². The van der Waals surface area contributed by atoms with E-state index in [2.05, 4.69) is 5.32 Å². The Bertz CT molecular complexity index is 1180. The number of sulfonamides is 1. The zero-order chi connectivity index (χ0) is 21.2. The Morgan fingerprint density at radius 3 is 2.28 bits per heavy atom. The van der Waals surface area contributed by atoms with Crippen molar-refractivity contribution in [1.29, 1.82) is 0 Å². The van der Waals surface area contributed by atoms with Crippen LogP contribution in [-0.4, -0.2) is 27.1 Å². The third-order valence-electron chi connectivity index (χ3n) is 4.25. The van der Waals surface area contributed by atoms with Crippen molar-refractivity contribution >= 4 is 67.2 Å². The molecule has 3 aromatic carbocycles. The molecule has 0 fully saturated rings. The smallest absolute Gasteiger partial charge is 0.241 e. The first-order chi connectivity index (χ1) is 13.6. The van der Waals surface area contributed by atoms with Crippen LogP contribution in [0.5, 0.6) is 0 Å². The van der Waals surface area contributed by atoms with Crippen LogP contribution in [0.15, 0.2) is 54.6 Å². The van der Waals surface area contributed by atoms with Gasteiger partial charge in [0.2, 0.25) is 15.9 Å². The highest BCUT2D eigenvalue weighted by Crippen LogP contribution is 2.35. The van der Waals surface area contributed by atoms with Crippen LogP contribution in [0.1, 0.15) is 5.56 Å². The third kappa shape index (κ3) is 5.34. The van der Waals surface area contributed by atoms with Gasteiger partial charge in [-0.2, -0.15) is 0 Å². The zero-order valence-electron chi connectivity index (χ0n) is 15.3. The Morgan fingerprint density at radius 1 is 0.931 bits per heavy atom. The van der Waals surface area contributed by atoms with Crippen molar-refractivity contribution in [3.63, 3.8) is 0 Å². The lowest BCUT2D eigenvalue weighted by Crippen LogP contribution is -2.40. The molecule has 0 atom stereocenters. The highest BCUT2D eigenvalue weighted by atomic mass is 35.5. The molecule has 0 aliphatic heterocycles. The molecule has 29 heavy (non-hydrogen) atoms. The minimum Gasteiger partial charge on any atom is -0.350 e. The predicted molar refractivity (Wildman–Crippen MR) is 119 cm³/mol. The van der Waals surface area contributed by atoms with Gasteiger partial charge in [0.05, 0.1) is 27.0 Å². The summed E-state index contributed by atoms with van der Waals surface area (Å²) < 4.78 is 25.4. The van der Waals surface area contributed by atoms with Crippen molar-refractivity contribution in [2.75, 3.05) is 17.1 Å². The largest absolute Gasteiger partial charge is 0.350 e. The lowest BCUT2D eigenvalue weighted by Gasteiger charge is -2.23. The van der Waals surface area contributed by atoms with Crippen molar-refractivity contribution in [2.24, 2.45) is 0 Å². The van der Waals surface area contributed by atoms with E-state index < -0.39 is 22.5 Å². The molecule has 0 spiro atoms. The fraction of sp³-hybridized carbons (Fsp3) is 0.150. The molecule has 3 rings (SSSR count). The third-order valence-corrected chi connectivity index (χ3v) is 6.40. The lowest BCUT2D eigenvalue weighted by atomic mass is 10.1. The highest BCUT2D eigenvalue weighted by molar-refractivity contribution is 7.92. The van der Waals surface area contributed by atoms with Gasteiger partial charge in [-0.1, -0.05) is 71.2 Å². The number of halogens is 3. The quantitative estimate of drug-likeness (QED) is 0.521. The van der Waals surface area contributed by atoms with Crippen LogP contribution in [0.25, 0.3) is 10.8 Å². The van der Waals surface area contributed by atoms with E-state index in [1.807, 2.05) is 42.5 Å². The zero-order valence-corrected chi connectivity index (χ0v) is 18.4. The molecule has 0 saturated carbocycles. The van der Waals surface area contributed by atoms with Gasteiger partial charge in [-0.05, 0) is 34.5 Å². The van der Waals surface area contributed by atoms with Gasteiger partial charge in [0.1, 0.15) is 6.54 Å². The number of hydrogen-bond donors (Lipinski definition) is 1. The molecule has 0 radical (unpaired) electrons. The maximum absolute atomic E-state index is 12.5. The first-order valence-electron chi connectivity index (χ1n) is 8.52. The summed E-state index contributed by atoms with van der Waals surface area (Å²) in [4.78, 5) is 12.5. The molecule has 0 aromatic heterocycles. The van der Waals surface area contributed by atoms with Crippen LogP contribution in [0.4, 0.5) is 5.69 Å². The van der Waals surface area contributed by atoms with Crippen LogP contribution in [0.3, 0.4) is 0 Å². The summed E-state index contributed by atoms with van der Waals surface area (Å²) in [6.45, 7) is -0.180. The van der Waals surface area contributed by atoms with E-state index in [0.29, 0.717) is 0 Å². The lowest BCUT2D eigenvalue weighted by molar-refractivity contribution is -0.119. The van der Waals surface area contributed by atoms with Gasteiger partial charge in [-0.25, -0.2) is 8.42 Å². The number of carbonyl (C=O) groups is 1. The average Bonchev–Trinajstić information content (AvgIpc) is 2.66. The molecular formula is C20H17Cl3N2O3S. The van der Waals surface area contributed by atoms with E-state index >= 15 is 0 Å². The number of carbonyl (C=O) groups excluding carboxylic acids is 1. The van der Waals surface area contributed by atoms with E-state index in [9.17, 15) is 13.2 Å². The Kier molecular flexibility index (Phi) is 6.58. The van der Waals surface area contributed by atoms with Crippen LogP contribution >= 0.6 is 34.8 Å². The van der Waals surface area contributed by atoms with Crippen molar-refractivity contribution < 1.29 is 13.2 Å². The average molecular weight is 472 g/mol. The van der Waals surface area contributed by atoms with E-state index in [4.69, 9.17) is 34.8 Å². The second-order valence-corrected chi connectivity index (χ2v) is 9.57. The molecule has 0 unspecified atom stereocenters. The number of hydrogen-bond acceptors (Lipinski definition) is 3. The van der Waals surface area contributed by atoms with E-state index in [0.717, 1.165) is 26.9 Å². The maximum atomic E-state index is 12.5. The summed E-state index contributed by atoms with van der Waals surface area (Å²) in [6, 6.07) is 16.4. The molecule has 1 amide bonds. The Balaban J connectivity index is 1.76. The number of nitrogens with zero attached hydrogens (tertiary/aromatic N) is 1. The van der Waals surface area contributed by atoms with Crippen LogP contribution in [0, 0.1) is 0 Å². The Hall–Kier alpha value is -1.99. The predicted octanol–water partition coefficient (Wildman–Crippen LogP) is 4.88. The molecular weight excluding hydrogens is 455 g/mol. The molecule has 0 saturated heterocycles. The van der Waals surface area contributed by atoms with Crippen molar-refractivity contribution in [3.8, 4) is 0 Å². The van der Waals surface area contributed by atoms with Crippen LogP contribution in [-0.2, 0) is 21.4 Å². The normalized spacial score (nSPS) is 11.4. The molecule has 0 heterocycles. The van der Waals surface area contributed by atoms with Crippen molar-refractivity contribution in [2.45, 2.75) is 6.54 Å². The molecule has 3 aromatic rings. The molecule has 1 N–H and O–H groups in total. The monoisotopic (exact) mass is 470 g/mol. The number of rotatable bonds is 6. The van der Waals surface area contributed by atoms with Gasteiger partial charge in [-0.15, -0.1) is 0 Å². The first kappa shape index (κ1) is 21.7.